The highest BCUT2D eigenvalue weighted by Gasteiger charge is 2.33. The predicted octanol–water partition coefficient (Wildman–Crippen LogP) is 7.84. The van der Waals surface area contributed by atoms with Gasteiger partial charge in [-0.3, -0.25) is 0 Å². The molecule has 0 amide bonds. The first-order valence-electron chi connectivity index (χ1n) is 8.20. The first-order chi connectivity index (χ1) is 16.2. The fraction of sp³-hybridized carbons (Fsp3) is 0. The smallest absolute Gasteiger partial charge is 0.207 e. The van der Waals surface area contributed by atoms with Gasteiger partial charge in [0, 0.05) is 0 Å². The van der Waals surface area contributed by atoms with E-state index in [0.717, 1.165) is 0 Å². The Morgan fingerprint density at radius 1 is 0.286 bits per heavy atom. The molecule has 0 bridgehead atoms. The van der Waals surface area contributed by atoms with Gasteiger partial charge in [-0.05, 0) is 0 Å². The Balaban J connectivity index is 2.15. The minimum Gasteiger partial charge on any atom is -0.444 e. The van der Waals surface area contributed by atoms with Crippen molar-refractivity contribution in [1.29, 1.82) is 0 Å². The molecule has 0 spiro atoms. The highest BCUT2D eigenvalue weighted by Crippen LogP contribution is 2.40. The predicted molar refractivity (Wildman–Crippen MR) is 83.0 cm³/mol. The first kappa shape index (κ1) is 25.7. The van der Waals surface area contributed by atoms with Gasteiger partial charge in [0.15, 0.2) is 46.3 Å². The van der Waals surface area contributed by atoms with E-state index in [1.165, 1.54) is 0 Å². The molecular weight excluding hydrogens is 526 g/mol. The Hall–Kier alpha value is -3.92. The van der Waals surface area contributed by atoms with Crippen molar-refractivity contribution < 1.29 is 66.2 Å². The molecule has 0 aliphatic rings. The number of rotatable bonds is 4. The summed E-state index contributed by atoms with van der Waals surface area (Å²) in [7, 11) is 0. The van der Waals surface area contributed by atoms with Gasteiger partial charge >= 0.3 is 0 Å². The Labute approximate surface area is 181 Å². The monoisotopic (exact) mass is 526 g/mol. The molecule has 0 aromatic heterocycles. The Morgan fingerprint density at radius 3 is 0.800 bits per heavy atom. The molecule has 3 nitrogen and oxygen atoms in total. The van der Waals surface area contributed by atoms with E-state index in [0.29, 0.717) is 0 Å². The quantitative estimate of drug-likeness (QED) is 0.148. The lowest BCUT2D eigenvalue weighted by Crippen LogP contribution is -2.07. The van der Waals surface area contributed by atoms with Crippen LogP contribution in [0.5, 0.6) is 11.5 Å². The van der Waals surface area contributed by atoms with Crippen molar-refractivity contribution in [3.05, 3.63) is 81.4 Å². The van der Waals surface area contributed by atoms with Crippen LogP contribution in [0.15, 0.2) is 10.2 Å². The third kappa shape index (κ3) is 3.99. The summed E-state index contributed by atoms with van der Waals surface area (Å²) in [6, 6.07) is 0. The van der Waals surface area contributed by atoms with E-state index in [-0.39, 0.29) is 0 Å². The summed E-state index contributed by atoms with van der Waals surface area (Å²) < 4.78 is 194. The maximum absolute atomic E-state index is 14.2. The van der Waals surface area contributed by atoms with Crippen molar-refractivity contribution in [1.82, 2.24) is 0 Å². The second kappa shape index (κ2) is 9.03. The van der Waals surface area contributed by atoms with Crippen LogP contribution in [0.25, 0.3) is 0 Å². The molecule has 0 aliphatic heterocycles. The van der Waals surface area contributed by atoms with Crippen LogP contribution in [0.3, 0.4) is 0 Å². The molecule has 0 unspecified atom stereocenters. The highest BCUT2D eigenvalue weighted by molar-refractivity contribution is 5.49. The van der Waals surface area contributed by atoms with E-state index in [2.05, 4.69) is 15.0 Å². The minimum absolute atomic E-state index is 2.14. The fourth-order valence-corrected chi connectivity index (χ4v) is 2.33. The van der Waals surface area contributed by atoms with Crippen molar-refractivity contribution in [2.75, 3.05) is 0 Å². The zero-order valence-electron chi connectivity index (χ0n) is 15.6. The largest absolute Gasteiger partial charge is 0.444 e. The van der Waals surface area contributed by atoms with E-state index in [1.54, 1.807) is 0 Å². The zero-order valence-corrected chi connectivity index (χ0v) is 15.6. The van der Waals surface area contributed by atoms with Gasteiger partial charge in [-0.15, -0.1) is 10.2 Å². The normalized spacial score (nSPS) is 11.6. The summed E-state index contributed by atoms with van der Waals surface area (Å²) in [5, 5.41) is 4.67. The number of halogens is 14. The van der Waals surface area contributed by atoms with Crippen LogP contribution >= 0.6 is 0 Å². The molecule has 3 rings (SSSR count). The molecule has 0 aliphatic carbocycles. The highest BCUT2D eigenvalue weighted by atomic mass is 19.2. The van der Waals surface area contributed by atoms with E-state index in [9.17, 15) is 61.5 Å². The van der Waals surface area contributed by atoms with Gasteiger partial charge in [0.25, 0.3) is 0 Å². The van der Waals surface area contributed by atoms with Crippen LogP contribution in [0.1, 0.15) is 0 Å². The summed E-state index contributed by atoms with van der Waals surface area (Å²) in [4.78, 5) is 0. The van der Waals surface area contributed by atoms with Crippen molar-refractivity contribution in [2.45, 2.75) is 0 Å². The number of benzene rings is 3. The van der Waals surface area contributed by atoms with E-state index < -0.39 is 104 Å². The Bertz CT molecular complexity index is 1330. The Morgan fingerprint density at radius 2 is 0.486 bits per heavy atom. The molecule has 0 fully saturated rings. The number of nitrogens with zero attached hydrogens (tertiary/aromatic N) is 2. The van der Waals surface area contributed by atoms with Gasteiger partial charge < -0.3 is 4.74 Å². The van der Waals surface area contributed by atoms with Crippen LogP contribution < -0.4 is 4.74 Å². The molecule has 3 aromatic rings. The van der Waals surface area contributed by atoms with Crippen LogP contribution in [-0.2, 0) is 0 Å². The Kier molecular flexibility index (Phi) is 6.63. The maximum atomic E-state index is 14.2. The van der Waals surface area contributed by atoms with Crippen molar-refractivity contribution >= 4 is 11.4 Å². The SMILES string of the molecule is Fc1c(F)c(F)c(N=Nc2c(F)c(F)c(Oc3c(F)c(F)c(F)c(F)c3F)c(F)c2F)c(F)c1F. The summed E-state index contributed by atoms with van der Waals surface area (Å²) in [5.74, 6) is -42.3. The van der Waals surface area contributed by atoms with E-state index >= 15 is 0 Å². The molecular formula is C18F14N2O. The van der Waals surface area contributed by atoms with Gasteiger partial charge in [-0.25, -0.2) is 43.9 Å². The van der Waals surface area contributed by atoms with Crippen LogP contribution in [0.4, 0.5) is 72.8 Å². The van der Waals surface area contributed by atoms with E-state index in [4.69, 9.17) is 0 Å². The molecule has 186 valence electrons. The molecule has 17 heteroatoms. The summed E-state index contributed by atoms with van der Waals surface area (Å²) in [5.41, 5.74) is -4.35. The van der Waals surface area contributed by atoms with Crippen molar-refractivity contribution in [3.63, 3.8) is 0 Å². The summed E-state index contributed by atoms with van der Waals surface area (Å²) in [6.07, 6.45) is 0. The molecule has 0 saturated carbocycles. The maximum Gasteiger partial charge on any atom is 0.207 e. The molecule has 0 radical (unpaired) electrons. The number of azo groups is 1. The van der Waals surface area contributed by atoms with Crippen LogP contribution in [0, 0.1) is 81.4 Å². The fourth-order valence-electron chi connectivity index (χ4n) is 2.33. The first-order valence-corrected chi connectivity index (χ1v) is 8.20. The molecule has 0 N–H and O–H groups in total. The van der Waals surface area contributed by atoms with Crippen LogP contribution in [0.2, 0.25) is 0 Å². The topological polar surface area (TPSA) is 34.0 Å². The van der Waals surface area contributed by atoms with Gasteiger partial charge in [-0.1, -0.05) is 0 Å². The molecule has 0 heterocycles. The second-order valence-corrected chi connectivity index (χ2v) is 6.05. The summed E-state index contributed by atoms with van der Waals surface area (Å²) in [6.45, 7) is 0. The molecule has 0 saturated heterocycles. The number of hydrogen-bond acceptors (Lipinski definition) is 3. The lowest BCUT2D eigenvalue weighted by Gasteiger charge is -2.13. The molecule has 3 aromatic carbocycles. The van der Waals surface area contributed by atoms with Crippen molar-refractivity contribution in [3.8, 4) is 11.5 Å². The van der Waals surface area contributed by atoms with Gasteiger partial charge in [-0.2, -0.15) is 17.6 Å². The third-order valence-corrected chi connectivity index (χ3v) is 4.01. The van der Waals surface area contributed by atoms with Gasteiger partial charge in [0.05, 0.1) is 0 Å². The lowest BCUT2D eigenvalue weighted by molar-refractivity contribution is 0.309. The molecule has 35 heavy (non-hydrogen) atoms. The van der Waals surface area contributed by atoms with Crippen molar-refractivity contribution in [2.24, 2.45) is 10.2 Å². The number of ether oxygens (including phenoxy) is 1. The third-order valence-electron chi connectivity index (χ3n) is 4.01. The summed E-state index contributed by atoms with van der Waals surface area (Å²) >= 11 is 0. The zero-order chi connectivity index (χ0) is 26.5. The average Bonchev–Trinajstić information content (AvgIpc) is 2.84. The second-order valence-electron chi connectivity index (χ2n) is 6.05. The standard InChI is InChI=1S/C18F14N2O/c19-1-3(21)7(25)15(8(26)4(1)22)33-34-16-9(27)13(31)18(14(32)10(16)28)35-17-11(29)5(23)2(20)6(24)12(17)30. The van der Waals surface area contributed by atoms with E-state index in [1.807, 2.05) is 0 Å². The number of hydrogen-bond donors (Lipinski definition) is 0. The average molecular weight is 526 g/mol. The molecule has 0 atom stereocenters. The van der Waals surface area contributed by atoms with Gasteiger partial charge in [0.2, 0.25) is 58.0 Å². The minimum atomic E-state index is -2.74. The van der Waals surface area contributed by atoms with Gasteiger partial charge in [0.1, 0.15) is 0 Å². The lowest BCUT2D eigenvalue weighted by atomic mass is 10.2. The van der Waals surface area contributed by atoms with Crippen LogP contribution in [-0.4, -0.2) is 0 Å².